The number of aromatic nitrogens is 1. The first kappa shape index (κ1) is 22.8. The van der Waals surface area contributed by atoms with E-state index in [1.807, 2.05) is 56.3 Å². The number of benzene rings is 2. The molecule has 0 radical (unpaired) electrons. The van der Waals surface area contributed by atoms with Crippen LogP contribution in [-0.4, -0.2) is 16.8 Å². The molecule has 1 unspecified atom stereocenters. The van der Waals surface area contributed by atoms with E-state index in [0.717, 1.165) is 16.8 Å². The zero-order valence-corrected chi connectivity index (χ0v) is 18.9. The molecule has 4 aromatic rings. The summed E-state index contributed by atoms with van der Waals surface area (Å²) in [6.07, 6.45) is 3.16. The average molecular weight is 456 g/mol. The van der Waals surface area contributed by atoms with Crippen molar-refractivity contribution in [3.8, 4) is 5.75 Å². The van der Waals surface area contributed by atoms with Gasteiger partial charge in [-0.1, -0.05) is 24.3 Å². The fourth-order valence-corrected chi connectivity index (χ4v) is 3.37. The lowest BCUT2D eigenvalue weighted by Crippen LogP contribution is -2.27. The van der Waals surface area contributed by atoms with E-state index in [1.165, 1.54) is 6.26 Å². The molecule has 0 bridgehead atoms. The first-order valence-corrected chi connectivity index (χ1v) is 10.9. The number of nitrogens with one attached hydrogen (secondary N) is 2. The van der Waals surface area contributed by atoms with Gasteiger partial charge in [-0.2, -0.15) is 0 Å². The summed E-state index contributed by atoms with van der Waals surface area (Å²) in [6.45, 7) is 4.13. The van der Waals surface area contributed by atoms with Gasteiger partial charge in [-0.15, -0.1) is 0 Å². The van der Waals surface area contributed by atoms with Crippen molar-refractivity contribution in [3.05, 3.63) is 113 Å². The monoisotopic (exact) mass is 455 g/mol. The van der Waals surface area contributed by atoms with Crippen LogP contribution < -0.4 is 15.4 Å². The van der Waals surface area contributed by atoms with E-state index in [0.29, 0.717) is 23.6 Å². The molecule has 0 fully saturated rings. The number of hydrogen-bond donors (Lipinski definition) is 2. The van der Waals surface area contributed by atoms with Gasteiger partial charge in [-0.05, 0) is 73.5 Å². The van der Waals surface area contributed by atoms with Crippen molar-refractivity contribution >= 4 is 17.5 Å². The highest BCUT2D eigenvalue weighted by atomic mass is 16.5. The molecular formula is C27H25N3O4. The van der Waals surface area contributed by atoms with Gasteiger partial charge in [0.15, 0.2) is 5.76 Å². The van der Waals surface area contributed by atoms with Gasteiger partial charge in [0.05, 0.1) is 18.0 Å². The summed E-state index contributed by atoms with van der Waals surface area (Å²) >= 11 is 0. The lowest BCUT2D eigenvalue weighted by Gasteiger charge is -2.16. The maximum Gasteiger partial charge on any atom is 0.291 e. The van der Waals surface area contributed by atoms with Crippen molar-refractivity contribution in [1.82, 2.24) is 10.3 Å². The Hall–Kier alpha value is -4.39. The number of aryl methyl sites for hydroxylation is 1. The third-order valence-electron chi connectivity index (χ3n) is 5.31. The van der Waals surface area contributed by atoms with Crippen molar-refractivity contribution < 1.29 is 18.7 Å². The molecule has 7 heteroatoms. The maximum atomic E-state index is 12.9. The fourth-order valence-electron chi connectivity index (χ4n) is 3.37. The topological polar surface area (TPSA) is 93.5 Å². The predicted octanol–water partition coefficient (Wildman–Crippen LogP) is 5.31. The molecule has 2 aromatic carbocycles. The van der Waals surface area contributed by atoms with Crippen LogP contribution in [0.5, 0.6) is 5.75 Å². The molecule has 172 valence electrons. The molecule has 0 aliphatic carbocycles. The number of furan rings is 1. The van der Waals surface area contributed by atoms with Gasteiger partial charge in [-0.3, -0.25) is 14.6 Å². The number of hydrogen-bond acceptors (Lipinski definition) is 5. The largest absolute Gasteiger partial charge is 0.487 e. The fraction of sp³-hybridized carbons (Fsp3) is 0.148. The Morgan fingerprint density at radius 2 is 1.88 bits per heavy atom. The minimum absolute atomic E-state index is 0.202. The van der Waals surface area contributed by atoms with Crippen molar-refractivity contribution in [3.63, 3.8) is 0 Å². The smallest absolute Gasteiger partial charge is 0.291 e. The van der Waals surface area contributed by atoms with Gasteiger partial charge in [0.1, 0.15) is 12.4 Å². The standard InChI is InChI=1S/C27H25N3O4/c1-18-11-12-21(16-24(18)30-27(32)25-10-6-14-33-25)26(31)29-19(2)20-7-5-9-23(15-20)34-17-22-8-3-4-13-28-22/h3-16,19H,17H2,1-2H3,(H,29,31)(H,30,32). The van der Waals surface area contributed by atoms with Gasteiger partial charge in [0.25, 0.3) is 11.8 Å². The minimum Gasteiger partial charge on any atom is -0.487 e. The molecule has 1 atom stereocenters. The first-order valence-electron chi connectivity index (χ1n) is 10.9. The lowest BCUT2D eigenvalue weighted by atomic mass is 10.1. The van der Waals surface area contributed by atoms with E-state index in [1.54, 1.807) is 36.5 Å². The Morgan fingerprint density at radius 1 is 1.00 bits per heavy atom. The molecule has 2 aromatic heterocycles. The number of amides is 2. The lowest BCUT2D eigenvalue weighted by molar-refractivity contribution is 0.0938. The second kappa shape index (κ2) is 10.5. The second-order valence-electron chi connectivity index (χ2n) is 7.84. The summed E-state index contributed by atoms with van der Waals surface area (Å²) in [5.41, 5.74) is 3.57. The number of rotatable bonds is 8. The predicted molar refractivity (Wildman–Crippen MR) is 129 cm³/mol. The number of carbonyl (C=O) groups is 2. The summed E-state index contributed by atoms with van der Waals surface area (Å²) in [5.74, 6) is 0.276. The first-order chi connectivity index (χ1) is 16.5. The molecule has 0 saturated heterocycles. The summed E-state index contributed by atoms with van der Waals surface area (Å²) < 4.78 is 11.0. The zero-order chi connectivity index (χ0) is 23.9. The van der Waals surface area contributed by atoms with Crippen LogP contribution in [0.3, 0.4) is 0 Å². The number of anilines is 1. The third kappa shape index (κ3) is 5.69. The average Bonchev–Trinajstić information content (AvgIpc) is 3.40. The van der Waals surface area contributed by atoms with E-state index in [-0.39, 0.29) is 23.6 Å². The molecule has 0 aliphatic heterocycles. The van der Waals surface area contributed by atoms with E-state index in [2.05, 4.69) is 15.6 Å². The normalized spacial score (nSPS) is 11.5. The van der Waals surface area contributed by atoms with Gasteiger partial charge >= 0.3 is 0 Å². The third-order valence-corrected chi connectivity index (χ3v) is 5.31. The molecule has 2 amide bonds. The molecule has 4 rings (SSSR count). The summed E-state index contributed by atoms with van der Waals surface area (Å²) in [7, 11) is 0. The Labute approximate surface area is 197 Å². The minimum atomic E-state index is -0.374. The maximum absolute atomic E-state index is 12.9. The van der Waals surface area contributed by atoms with Gasteiger partial charge in [0, 0.05) is 17.4 Å². The Kier molecular flexibility index (Phi) is 7.03. The van der Waals surface area contributed by atoms with E-state index in [9.17, 15) is 9.59 Å². The van der Waals surface area contributed by atoms with Crippen molar-refractivity contribution in [2.75, 3.05) is 5.32 Å². The molecule has 0 spiro atoms. The summed E-state index contributed by atoms with van der Waals surface area (Å²) in [4.78, 5) is 29.5. The molecule has 0 aliphatic rings. The molecule has 7 nitrogen and oxygen atoms in total. The highest BCUT2D eigenvalue weighted by Gasteiger charge is 2.15. The van der Waals surface area contributed by atoms with Crippen molar-refractivity contribution in [2.45, 2.75) is 26.5 Å². The van der Waals surface area contributed by atoms with E-state index >= 15 is 0 Å². The van der Waals surface area contributed by atoms with Crippen LogP contribution in [0.4, 0.5) is 5.69 Å². The molecule has 2 N–H and O–H groups in total. The SMILES string of the molecule is Cc1ccc(C(=O)NC(C)c2cccc(OCc3ccccn3)c2)cc1NC(=O)c1ccco1. The highest BCUT2D eigenvalue weighted by molar-refractivity contribution is 6.04. The van der Waals surface area contributed by atoms with E-state index < -0.39 is 0 Å². The van der Waals surface area contributed by atoms with Crippen LogP contribution in [0.15, 0.2) is 89.7 Å². The number of pyridine rings is 1. The van der Waals surface area contributed by atoms with Gasteiger partial charge in [-0.25, -0.2) is 0 Å². The quantitative estimate of drug-likeness (QED) is 0.376. The Balaban J connectivity index is 1.41. The summed E-state index contributed by atoms with van der Waals surface area (Å²) in [6, 6.07) is 21.4. The zero-order valence-electron chi connectivity index (χ0n) is 18.9. The van der Waals surface area contributed by atoms with Crippen molar-refractivity contribution in [1.29, 1.82) is 0 Å². The van der Waals surface area contributed by atoms with Gasteiger partial charge < -0.3 is 19.8 Å². The van der Waals surface area contributed by atoms with Gasteiger partial charge in [0.2, 0.25) is 0 Å². The Morgan fingerprint density at radius 3 is 2.65 bits per heavy atom. The van der Waals surface area contributed by atoms with Crippen molar-refractivity contribution in [2.24, 2.45) is 0 Å². The number of nitrogens with zero attached hydrogens (tertiary/aromatic N) is 1. The van der Waals surface area contributed by atoms with E-state index in [4.69, 9.17) is 9.15 Å². The van der Waals surface area contributed by atoms with Crippen LogP contribution in [0.25, 0.3) is 0 Å². The molecular weight excluding hydrogens is 430 g/mol. The number of carbonyl (C=O) groups excluding carboxylic acids is 2. The molecule has 34 heavy (non-hydrogen) atoms. The second-order valence-corrected chi connectivity index (χ2v) is 7.84. The van der Waals surface area contributed by atoms with Crippen LogP contribution in [0, 0.1) is 6.92 Å². The molecule has 0 saturated carbocycles. The Bertz CT molecular complexity index is 1270. The van der Waals surface area contributed by atoms with Crippen LogP contribution in [0.1, 0.15) is 50.7 Å². The highest BCUT2D eigenvalue weighted by Crippen LogP contribution is 2.22. The van der Waals surface area contributed by atoms with Crippen LogP contribution in [-0.2, 0) is 6.61 Å². The number of ether oxygens (including phenoxy) is 1. The summed E-state index contributed by atoms with van der Waals surface area (Å²) in [5, 5.41) is 5.80. The van der Waals surface area contributed by atoms with Crippen LogP contribution >= 0.6 is 0 Å². The van der Waals surface area contributed by atoms with Crippen LogP contribution in [0.2, 0.25) is 0 Å². The molecule has 2 heterocycles.